The molecule has 0 aromatic heterocycles. The highest BCUT2D eigenvalue weighted by Crippen LogP contribution is 2.27. The number of nitrogens with one attached hydrogen (secondary N) is 2. The van der Waals surface area contributed by atoms with Gasteiger partial charge in [-0.25, -0.2) is 9.18 Å². The molecule has 0 radical (unpaired) electrons. The number of amides is 2. The van der Waals surface area contributed by atoms with E-state index in [0.717, 1.165) is 11.3 Å². The lowest BCUT2D eigenvalue weighted by Crippen LogP contribution is -2.41. The van der Waals surface area contributed by atoms with E-state index in [2.05, 4.69) is 10.6 Å². The molecule has 0 spiro atoms. The quantitative estimate of drug-likeness (QED) is 0.599. The summed E-state index contributed by atoms with van der Waals surface area (Å²) in [6, 6.07) is 14.2. The van der Waals surface area contributed by atoms with Gasteiger partial charge in [0, 0.05) is 32.2 Å². The first-order valence-electron chi connectivity index (χ1n) is 9.70. The van der Waals surface area contributed by atoms with Gasteiger partial charge >= 0.3 is 6.03 Å². The van der Waals surface area contributed by atoms with Crippen molar-refractivity contribution in [3.8, 4) is 5.75 Å². The molecule has 2 aromatic rings. The summed E-state index contributed by atoms with van der Waals surface area (Å²) in [5.41, 5.74) is 1.58. The molecule has 1 atom stereocenters. The predicted octanol–water partition coefficient (Wildman–Crippen LogP) is 3.26. The van der Waals surface area contributed by atoms with Gasteiger partial charge in [0.2, 0.25) is 0 Å². The van der Waals surface area contributed by atoms with Crippen LogP contribution in [0.15, 0.2) is 48.5 Å². The fourth-order valence-electron chi connectivity index (χ4n) is 3.16. The molecule has 0 aliphatic heterocycles. The highest BCUT2D eigenvalue weighted by atomic mass is 19.1. The minimum absolute atomic E-state index is 0.0101. The molecule has 0 saturated heterocycles. The molecule has 29 heavy (non-hydrogen) atoms. The fourth-order valence-corrected chi connectivity index (χ4v) is 3.16. The third kappa shape index (κ3) is 6.64. The molecule has 2 rings (SSSR count). The fraction of sp³-hybridized carbons (Fsp3) is 0.409. The van der Waals surface area contributed by atoms with Gasteiger partial charge in [0.25, 0.3) is 0 Å². The number of hydrogen-bond acceptors (Lipinski definition) is 4. The minimum Gasteiger partial charge on any atom is -0.496 e. The Morgan fingerprint density at radius 2 is 1.76 bits per heavy atom. The first-order chi connectivity index (χ1) is 13.9. The van der Waals surface area contributed by atoms with E-state index in [9.17, 15) is 9.18 Å². The van der Waals surface area contributed by atoms with Crippen LogP contribution < -0.4 is 20.3 Å². The van der Waals surface area contributed by atoms with Crippen LogP contribution in [0.25, 0.3) is 0 Å². The third-order valence-corrected chi connectivity index (χ3v) is 4.80. The summed E-state index contributed by atoms with van der Waals surface area (Å²) in [5.74, 6) is 0.552. The lowest BCUT2D eigenvalue weighted by atomic mass is 10.0. The normalized spacial score (nSPS) is 11.8. The molecule has 2 amide bonds. The molecule has 6 nitrogen and oxygen atoms in total. The molecule has 2 aromatic carbocycles. The molecule has 158 valence electrons. The second-order valence-corrected chi connectivity index (χ2v) is 7.08. The Balaban J connectivity index is 1.77. The Hall–Kier alpha value is -2.80. The van der Waals surface area contributed by atoms with Crippen LogP contribution in [0.4, 0.5) is 14.9 Å². The molecule has 0 heterocycles. The Morgan fingerprint density at radius 1 is 1.07 bits per heavy atom. The first kappa shape index (κ1) is 22.5. The Kier molecular flexibility index (Phi) is 8.73. The van der Waals surface area contributed by atoms with Crippen LogP contribution in [-0.2, 0) is 0 Å². The summed E-state index contributed by atoms with van der Waals surface area (Å²) >= 11 is 0. The molecular formula is C22H31FN4O2. The maximum absolute atomic E-state index is 13.8. The van der Waals surface area contributed by atoms with Crippen molar-refractivity contribution in [1.29, 1.82) is 0 Å². The van der Waals surface area contributed by atoms with Crippen molar-refractivity contribution in [2.45, 2.75) is 12.5 Å². The second-order valence-electron chi connectivity index (χ2n) is 7.08. The van der Waals surface area contributed by atoms with Crippen LogP contribution in [0, 0.1) is 5.82 Å². The standard InChI is InChI=1S/C22H31FN4O2/c1-26(2)20(17-10-5-8-13-21(17)29-4)16-25-22(28)24-14-9-15-27(3)19-12-7-6-11-18(19)23/h5-8,10-13,20H,9,14-16H2,1-4H3,(H2,24,25,28). The Bertz CT molecular complexity index is 785. The SMILES string of the molecule is COc1ccccc1C(CNC(=O)NCCCN(C)c1ccccc1F)N(C)C. The molecular weight excluding hydrogens is 371 g/mol. The summed E-state index contributed by atoms with van der Waals surface area (Å²) in [7, 11) is 7.42. The van der Waals surface area contributed by atoms with E-state index >= 15 is 0 Å². The topological polar surface area (TPSA) is 56.8 Å². The summed E-state index contributed by atoms with van der Waals surface area (Å²) in [5, 5.41) is 5.78. The van der Waals surface area contributed by atoms with Gasteiger partial charge < -0.3 is 25.2 Å². The Morgan fingerprint density at radius 3 is 2.45 bits per heavy atom. The zero-order valence-electron chi connectivity index (χ0n) is 17.6. The van der Waals surface area contributed by atoms with Crippen molar-refractivity contribution < 1.29 is 13.9 Å². The number of carbonyl (C=O) groups excluding carboxylic acids is 1. The number of urea groups is 1. The number of benzene rings is 2. The van der Waals surface area contributed by atoms with Gasteiger partial charge in [0.05, 0.1) is 18.8 Å². The number of likely N-dealkylation sites (N-methyl/N-ethyl adjacent to an activating group) is 1. The summed E-state index contributed by atoms with van der Waals surface area (Å²) in [6.45, 7) is 1.60. The molecule has 0 aliphatic carbocycles. The highest BCUT2D eigenvalue weighted by Gasteiger charge is 2.18. The number of anilines is 1. The number of nitrogens with zero attached hydrogens (tertiary/aromatic N) is 2. The molecule has 0 bridgehead atoms. The van der Waals surface area contributed by atoms with E-state index in [1.54, 1.807) is 19.2 Å². The average molecular weight is 403 g/mol. The van der Waals surface area contributed by atoms with Crippen LogP contribution in [-0.4, -0.2) is 58.8 Å². The van der Waals surface area contributed by atoms with Gasteiger partial charge in [0.1, 0.15) is 11.6 Å². The molecule has 0 saturated carbocycles. The largest absolute Gasteiger partial charge is 0.496 e. The van der Waals surface area contributed by atoms with E-state index in [1.165, 1.54) is 6.07 Å². The lowest BCUT2D eigenvalue weighted by Gasteiger charge is -2.26. The van der Waals surface area contributed by atoms with E-state index in [4.69, 9.17) is 4.74 Å². The van der Waals surface area contributed by atoms with Crippen LogP contribution in [0.1, 0.15) is 18.0 Å². The van der Waals surface area contributed by atoms with Crippen molar-refractivity contribution in [3.05, 3.63) is 59.9 Å². The minimum atomic E-state index is -0.244. The van der Waals surface area contributed by atoms with E-state index in [-0.39, 0.29) is 17.9 Å². The van der Waals surface area contributed by atoms with Gasteiger partial charge in [-0.15, -0.1) is 0 Å². The van der Waals surface area contributed by atoms with Crippen LogP contribution in [0.5, 0.6) is 5.75 Å². The molecule has 7 heteroatoms. The molecule has 2 N–H and O–H groups in total. The van der Waals surface area contributed by atoms with Crippen molar-refractivity contribution >= 4 is 11.7 Å². The summed E-state index contributed by atoms with van der Waals surface area (Å²) < 4.78 is 19.2. The van der Waals surface area contributed by atoms with Crippen molar-refractivity contribution in [2.75, 3.05) is 52.8 Å². The number of para-hydroxylation sites is 2. The number of ether oxygens (including phenoxy) is 1. The smallest absolute Gasteiger partial charge is 0.314 e. The number of rotatable bonds is 10. The maximum atomic E-state index is 13.8. The average Bonchev–Trinajstić information content (AvgIpc) is 2.71. The van der Waals surface area contributed by atoms with Gasteiger partial charge in [-0.2, -0.15) is 0 Å². The van der Waals surface area contributed by atoms with Gasteiger partial charge in [0.15, 0.2) is 0 Å². The molecule has 0 aliphatic rings. The van der Waals surface area contributed by atoms with Crippen molar-refractivity contribution in [3.63, 3.8) is 0 Å². The monoisotopic (exact) mass is 402 g/mol. The highest BCUT2D eigenvalue weighted by molar-refractivity contribution is 5.73. The zero-order chi connectivity index (χ0) is 21.2. The van der Waals surface area contributed by atoms with Gasteiger partial charge in [-0.05, 0) is 38.7 Å². The van der Waals surface area contributed by atoms with E-state index in [0.29, 0.717) is 31.7 Å². The van der Waals surface area contributed by atoms with E-state index < -0.39 is 0 Å². The second kappa shape index (κ2) is 11.3. The van der Waals surface area contributed by atoms with Gasteiger partial charge in [-0.3, -0.25) is 0 Å². The zero-order valence-corrected chi connectivity index (χ0v) is 17.6. The van der Waals surface area contributed by atoms with Crippen LogP contribution in [0.3, 0.4) is 0 Å². The van der Waals surface area contributed by atoms with Crippen molar-refractivity contribution in [1.82, 2.24) is 15.5 Å². The van der Waals surface area contributed by atoms with Crippen molar-refractivity contribution in [2.24, 2.45) is 0 Å². The Labute approximate surface area is 172 Å². The number of carbonyl (C=O) groups is 1. The van der Waals surface area contributed by atoms with Crippen LogP contribution in [0.2, 0.25) is 0 Å². The summed E-state index contributed by atoms with van der Waals surface area (Å²) in [4.78, 5) is 16.1. The number of hydrogen-bond donors (Lipinski definition) is 2. The number of methoxy groups -OCH3 is 1. The predicted molar refractivity (Wildman–Crippen MR) is 115 cm³/mol. The molecule has 1 unspecified atom stereocenters. The summed E-state index contributed by atoms with van der Waals surface area (Å²) in [6.07, 6.45) is 0.710. The lowest BCUT2D eigenvalue weighted by molar-refractivity contribution is 0.231. The van der Waals surface area contributed by atoms with E-state index in [1.807, 2.05) is 61.3 Å². The number of halogens is 1. The maximum Gasteiger partial charge on any atom is 0.314 e. The van der Waals surface area contributed by atoms with Crippen LogP contribution >= 0.6 is 0 Å². The molecule has 0 fully saturated rings. The first-order valence-corrected chi connectivity index (χ1v) is 9.70. The third-order valence-electron chi connectivity index (χ3n) is 4.80. The van der Waals surface area contributed by atoms with Gasteiger partial charge in [-0.1, -0.05) is 30.3 Å².